The first-order chi connectivity index (χ1) is 11.9. The molecule has 132 valence electrons. The van der Waals surface area contributed by atoms with E-state index in [1.54, 1.807) is 0 Å². The summed E-state index contributed by atoms with van der Waals surface area (Å²) in [6.45, 7) is 3.94. The van der Waals surface area contributed by atoms with Gasteiger partial charge in [-0.3, -0.25) is 4.79 Å². The number of hydrogen-bond donors (Lipinski definition) is 1. The van der Waals surface area contributed by atoms with E-state index in [4.69, 9.17) is 4.74 Å². The van der Waals surface area contributed by atoms with E-state index in [-0.39, 0.29) is 21.9 Å². The molecular weight excluding hydrogens is 389 g/mol. The molecular formula is C19H19BrFNO3. The van der Waals surface area contributed by atoms with Crippen LogP contribution < -0.4 is 5.32 Å². The third-order valence-corrected chi connectivity index (χ3v) is 4.41. The molecule has 0 saturated heterocycles. The zero-order chi connectivity index (χ0) is 18.4. The molecule has 0 saturated carbocycles. The van der Waals surface area contributed by atoms with Gasteiger partial charge in [0.25, 0.3) is 5.91 Å². The first kappa shape index (κ1) is 19.1. The summed E-state index contributed by atoms with van der Waals surface area (Å²) in [6.07, 6.45) is -0.951. The van der Waals surface area contributed by atoms with Crippen molar-refractivity contribution in [3.63, 3.8) is 0 Å². The van der Waals surface area contributed by atoms with Crippen LogP contribution in [-0.2, 0) is 9.53 Å². The number of carbonyl (C=O) groups is 2. The number of carbonyl (C=O) groups excluding carboxylic acids is 2. The Balaban J connectivity index is 1.88. The van der Waals surface area contributed by atoms with Crippen molar-refractivity contribution >= 4 is 27.8 Å². The van der Waals surface area contributed by atoms with Crippen molar-refractivity contribution in [1.82, 2.24) is 5.32 Å². The van der Waals surface area contributed by atoms with Gasteiger partial charge in [0.1, 0.15) is 5.82 Å². The van der Waals surface area contributed by atoms with Crippen molar-refractivity contribution in [2.24, 2.45) is 0 Å². The molecule has 2 rings (SSSR count). The fourth-order valence-electron chi connectivity index (χ4n) is 2.23. The maximum Gasteiger partial charge on any atom is 0.340 e. The summed E-state index contributed by atoms with van der Waals surface area (Å²) in [5.74, 6) is -1.40. The Bertz CT molecular complexity index is 752. The van der Waals surface area contributed by atoms with Gasteiger partial charge in [-0.05, 0) is 52.5 Å². The van der Waals surface area contributed by atoms with Crippen LogP contribution in [0.5, 0.6) is 0 Å². The standard InChI is InChI=1S/C19H19BrFNO3/c1-12(14-6-4-3-5-7-14)11-22-18(23)13(2)25-19(24)16-9-8-15(21)10-17(16)20/h3-10,12-13H,11H2,1-2H3,(H,22,23)/t12-,13+/m1/s1. The van der Waals surface area contributed by atoms with Crippen LogP contribution in [0, 0.1) is 5.82 Å². The molecule has 0 aromatic heterocycles. The molecule has 2 aromatic carbocycles. The minimum atomic E-state index is -0.951. The smallest absolute Gasteiger partial charge is 0.340 e. The predicted molar refractivity (Wildman–Crippen MR) is 96.8 cm³/mol. The predicted octanol–water partition coefficient (Wildman–Crippen LogP) is 4.05. The first-order valence-electron chi connectivity index (χ1n) is 7.87. The number of hydrogen-bond acceptors (Lipinski definition) is 3. The number of ether oxygens (including phenoxy) is 1. The lowest BCUT2D eigenvalue weighted by atomic mass is 10.0. The lowest BCUT2D eigenvalue weighted by molar-refractivity contribution is -0.129. The van der Waals surface area contributed by atoms with Gasteiger partial charge in [-0.25, -0.2) is 9.18 Å². The minimum absolute atomic E-state index is 0.138. The van der Waals surface area contributed by atoms with Gasteiger partial charge in [0.05, 0.1) is 5.56 Å². The summed E-state index contributed by atoms with van der Waals surface area (Å²) in [4.78, 5) is 24.2. The van der Waals surface area contributed by atoms with Crippen molar-refractivity contribution < 1.29 is 18.7 Å². The van der Waals surface area contributed by atoms with Gasteiger partial charge in [-0.2, -0.15) is 0 Å². The molecule has 0 spiro atoms. The Morgan fingerprint density at radius 2 is 1.84 bits per heavy atom. The van der Waals surface area contributed by atoms with Crippen LogP contribution in [0.3, 0.4) is 0 Å². The number of esters is 1. The molecule has 0 aliphatic heterocycles. The molecule has 4 nitrogen and oxygen atoms in total. The number of amides is 1. The van der Waals surface area contributed by atoms with Crippen LogP contribution in [0.25, 0.3) is 0 Å². The van der Waals surface area contributed by atoms with E-state index in [9.17, 15) is 14.0 Å². The van der Waals surface area contributed by atoms with Crippen molar-refractivity contribution in [2.45, 2.75) is 25.9 Å². The van der Waals surface area contributed by atoms with Crippen LogP contribution in [0.4, 0.5) is 4.39 Å². The zero-order valence-electron chi connectivity index (χ0n) is 14.0. The average Bonchev–Trinajstić information content (AvgIpc) is 2.59. The maximum atomic E-state index is 13.1. The van der Waals surface area contributed by atoms with Gasteiger partial charge in [0, 0.05) is 11.0 Å². The van der Waals surface area contributed by atoms with E-state index in [1.165, 1.54) is 19.1 Å². The van der Waals surface area contributed by atoms with Gasteiger partial charge >= 0.3 is 5.97 Å². The third kappa shape index (κ3) is 5.39. The molecule has 0 fully saturated rings. The van der Waals surface area contributed by atoms with Crippen LogP contribution in [-0.4, -0.2) is 24.5 Å². The Hall–Kier alpha value is -2.21. The van der Waals surface area contributed by atoms with E-state index < -0.39 is 17.9 Å². The van der Waals surface area contributed by atoms with Gasteiger partial charge in [-0.1, -0.05) is 37.3 Å². The highest BCUT2D eigenvalue weighted by Crippen LogP contribution is 2.19. The lowest BCUT2D eigenvalue weighted by Gasteiger charge is -2.17. The van der Waals surface area contributed by atoms with E-state index in [0.29, 0.717) is 6.54 Å². The quantitative estimate of drug-likeness (QED) is 0.734. The molecule has 25 heavy (non-hydrogen) atoms. The van der Waals surface area contributed by atoms with Gasteiger partial charge in [-0.15, -0.1) is 0 Å². The molecule has 1 N–H and O–H groups in total. The SMILES string of the molecule is C[C@H](OC(=O)c1ccc(F)cc1Br)C(=O)NC[C@@H](C)c1ccccc1. The second-order valence-electron chi connectivity index (χ2n) is 5.73. The van der Waals surface area contributed by atoms with E-state index in [1.807, 2.05) is 37.3 Å². The Labute approximate surface area is 154 Å². The van der Waals surface area contributed by atoms with Crippen molar-refractivity contribution in [1.29, 1.82) is 0 Å². The fourth-order valence-corrected chi connectivity index (χ4v) is 2.74. The zero-order valence-corrected chi connectivity index (χ0v) is 15.5. The molecule has 0 radical (unpaired) electrons. The molecule has 2 aromatic rings. The highest BCUT2D eigenvalue weighted by atomic mass is 79.9. The van der Waals surface area contributed by atoms with Gasteiger partial charge in [0.15, 0.2) is 6.10 Å². The number of rotatable bonds is 6. The molecule has 2 atom stereocenters. The number of nitrogens with one attached hydrogen (secondary N) is 1. The first-order valence-corrected chi connectivity index (χ1v) is 8.66. The summed E-state index contributed by atoms with van der Waals surface area (Å²) in [6, 6.07) is 13.4. The van der Waals surface area contributed by atoms with E-state index in [0.717, 1.165) is 11.6 Å². The van der Waals surface area contributed by atoms with Gasteiger partial charge < -0.3 is 10.1 Å². The highest BCUT2D eigenvalue weighted by molar-refractivity contribution is 9.10. The summed E-state index contributed by atoms with van der Waals surface area (Å²) < 4.78 is 18.5. The summed E-state index contributed by atoms with van der Waals surface area (Å²) in [5, 5.41) is 2.77. The molecule has 0 bridgehead atoms. The maximum absolute atomic E-state index is 13.1. The lowest BCUT2D eigenvalue weighted by Crippen LogP contribution is -2.37. The van der Waals surface area contributed by atoms with Gasteiger partial charge in [0.2, 0.25) is 0 Å². The average molecular weight is 408 g/mol. The molecule has 1 amide bonds. The molecule has 0 heterocycles. The van der Waals surface area contributed by atoms with E-state index >= 15 is 0 Å². The van der Waals surface area contributed by atoms with Crippen molar-refractivity contribution in [3.8, 4) is 0 Å². The van der Waals surface area contributed by atoms with Crippen LogP contribution >= 0.6 is 15.9 Å². The largest absolute Gasteiger partial charge is 0.449 e. The Morgan fingerprint density at radius 3 is 2.48 bits per heavy atom. The summed E-state index contributed by atoms with van der Waals surface area (Å²) >= 11 is 3.11. The summed E-state index contributed by atoms with van der Waals surface area (Å²) in [5.41, 5.74) is 1.28. The van der Waals surface area contributed by atoms with Crippen LogP contribution in [0.2, 0.25) is 0 Å². The second-order valence-corrected chi connectivity index (χ2v) is 6.58. The van der Waals surface area contributed by atoms with Crippen LogP contribution in [0.1, 0.15) is 35.7 Å². The Kier molecular flexibility index (Phi) is 6.70. The molecule has 6 heteroatoms. The number of halogens is 2. The topological polar surface area (TPSA) is 55.4 Å². The van der Waals surface area contributed by atoms with Crippen molar-refractivity contribution in [3.05, 3.63) is 69.9 Å². The Morgan fingerprint density at radius 1 is 1.16 bits per heavy atom. The number of benzene rings is 2. The second kappa shape index (κ2) is 8.76. The monoisotopic (exact) mass is 407 g/mol. The fraction of sp³-hybridized carbons (Fsp3) is 0.263. The van der Waals surface area contributed by atoms with Crippen LogP contribution in [0.15, 0.2) is 53.0 Å². The molecule has 0 aliphatic rings. The molecule has 0 aliphatic carbocycles. The summed E-state index contributed by atoms with van der Waals surface area (Å²) in [7, 11) is 0. The minimum Gasteiger partial charge on any atom is -0.449 e. The highest BCUT2D eigenvalue weighted by Gasteiger charge is 2.21. The van der Waals surface area contributed by atoms with E-state index in [2.05, 4.69) is 21.2 Å². The normalized spacial score (nSPS) is 13.0. The molecule has 0 unspecified atom stereocenters. The van der Waals surface area contributed by atoms with Crippen molar-refractivity contribution in [2.75, 3.05) is 6.54 Å². The third-order valence-electron chi connectivity index (χ3n) is 3.76.